The van der Waals surface area contributed by atoms with Crippen molar-refractivity contribution in [3.63, 3.8) is 0 Å². The van der Waals surface area contributed by atoms with Crippen LogP contribution in [-0.4, -0.2) is 24.0 Å². The van der Waals surface area contributed by atoms with Gasteiger partial charge in [0, 0.05) is 11.8 Å². The van der Waals surface area contributed by atoms with Crippen molar-refractivity contribution in [2.75, 3.05) is 0 Å². The van der Waals surface area contributed by atoms with Gasteiger partial charge in [-0.15, -0.1) is 0 Å². The number of hydrogen-bond donors (Lipinski definition) is 0. The topological polar surface area (TPSA) is 30.8 Å². The van der Waals surface area contributed by atoms with Crippen molar-refractivity contribution >= 4 is 29.6 Å². The van der Waals surface area contributed by atoms with Gasteiger partial charge < -0.3 is 9.31 Å². The molecule has 4 heteroatoms. The summed E-state index contributed by atoms with van der Waals surface area (Å²) in [5.74, 6) is 0.177. The molecular formula is C44H38BNO2. The summed E-state index contributed by atoms with van der Waals surface area (Å²) < 4.78 is 12.9. The van der Waals surface area contributed by atoms with Crippen molar-refractivity contribution in [3.8, 4) is 0 Å². The molecule has 0 aromatic heterocycles. The first-order valence-corrected chi connectivity index (χ1v) is 17.1. The Morgan fingerprint density at radius 2 is 1.23 bits per heavy atom. The van der Waals surface area contributed by atoms with Crippen molar-refractivity contribution in [1.29, 1.82) is 0 Å². The van der Waals surface area contributed by atoms with Crippen LogP contribution in [0.25, 0.3) is 5.57 Å². The molecule has 0 saturated carbocycles. The van der Waals surface area contributed by atoms with Crippen LogP contribution in [0.3, 0.4) is 0 Å². The van der Waals surface area contributed by atoms with Crippen LogP contribution in [0, 0.1) is 5.92 Å². The van der Waals surface area contributed by atoms with Crippen LogP contribution >= 0.6 is 0 Å². The zero-order valence-electron chi connectivity index (χ0n) is 27.9. The Kier molecular flexibility index (Phi) is 6.50. The lowest BCUT2D eigenvalue weighted by Crippen LogP contribution is -2.41. The summed E-state index contributed by atoms with van der Waals surface area (Å²) in [6.45, 7) is 8.41. The largest absolute Gasteiger partial charge is 0.494 e. The molecular weight excluding hydrogens is 585 g/mol. The van der Waals surface area contributed by atoms with Gasteiger partial charge in [-0.3, -0.25) is 4.99 Å². The third-order valence-corrected chi connectivity index (χ3v) is 11.4. The van der Waals surface area contributed by atoms with E-state index in [4.69, 9.17) is 14.3 Å². The predicted molar refractivity (Wildman–Crippen MR) is 196 cm³/mol. The Morgan fingerprint density at radius 3 is 1.94 bits per heavy atom. The molecule has 2 unspecified atom stereocenters. The number of aliphatic imine (C=N–C) groups is 1. The first-order valence-electron chi connectivity index (χ1n) is 17.1. The smallest absolute Gasteiger partial charge is 0.399 e. The second-order valence-electron chi connectivity index (χ2n) is 14.5. The number of para-hydroxylation sites is 1. The Labute approximate surface area is 283 Å². The van der Waals surface area contributed by atoms with Crippen LogP contribution in [0.2, 0.25) is 0 Å². The minimum absolute atomic E-state index is 0.0580. The number of fused-ring (bicyclic) bond motifs is 6. The minimum Gasteiger partial charge on any atom is -0.399 e. The zero-order valence-corrected chi connectivity index (χ0v) is 27.9. The maximum Gasteiger partial charge on any atom is 0.494 e. The van der Waals surface area contributed by atoms with Crippen LogP contribution in [0.4, 0.5) is 5.69 Å². The average Bonchev–Trinajstić information content (AvgIpc) is 3.53. The lowest BCUT2D eigenvalue weighted by atomic mass is 9.64. The van der Waals surface area contributed by atoms with E-state index >= 15 is 0 Å². The van der Waals surface area contributed by atoms with E-state index in [1.165, 1.54) is 39.0 Å². The Balaban J connectivity index is 1.25. The predicted octanol–water partition coefficient (Wildman–Crippen LogP) is 9.19. The summed E-state index contributed by atoms with van der Waals surface area (Å²) in [4.78, 5) is 5.41. The number of benzene rings is 5. The Morgan fingerprint density at radius 1 is 0.604 bits per heavy atom. The van der Waals surface area contributed by atoms with Gasteiger partial charge in [0.05, 0.1) is 28.0 Å². The normalized spacial score (nSPS) is 22.4. The van der Waals surface area contributed by atoms with Crippen molar-refractivity contribution in [1.82, 2.24) is 0 Å². The molecule has 4 aliphatic rings. The number of hydrogen-bond acceptors (Lipinski definition) is 3. The van der Waals surface area contributed by atoms with Gasteiger partial charge in [0.1, 0.15) is 0 Å². The number of allylic oxidation sites excluding steroid dienone is 4. The van der Waals surface area contributed by atoms with Gasteiger partial charge in [-0.05, 0) is 83.8 Å². The molecule has 48 heavy (non-hydrogen) atoms. The molecule has 0 bridgehead atoms. The van der Waals surface area contributed by atoms with E-state index in [0.29, 0.717) is 0 Å². The highest BCUT2D eigenvalue weighted by atomic mass is 16.7. The molecule has 2 heterocycles. The van der Waals surface area contributed by atoms with Crippen molar-refractivity contribution in [2.45, 2.75) is 50.2 Å². The highest BCUT2D eigenvalue weighted by molar-refractivity contribution is 6.62. The monoisotopic (exact) mass is 623 g/mol. The summed E-state index contributed by atoms with van der Waals surface area (Å²) in [5.41, 5.74) is 12.1. The molecule has 3 nitrogen and oxygen atoms in total. The first-order chi connectivity index (χ1) is 23.3. The highest BCUT2D eigenvalue weighted by Gasteiger charge is 2.53. The van der Waals surface area contributed by atoms with Crippen molar-refractivity contribution in [2.24, 2.45) is 10.9 Å². The maximum atomic E-state index is 6.47. The van der Waals surface area contributed by atoms with Crippen LogP contribution in [0.15, 0.2) is 156 Å². The molecule has 0 amide bonds. The summed E-state index contributed by atoms with van der Waals surface area (Å²) >= 11 is 0. The lowest BCUT2D eigenvalue weighted by Gasteiger charge is -2.39. The SMILES string of the molecule is CC1(C)OB(c2cccc(C3=Nc4ccccc4C4C=C5C(=CC34)c3ccccc3C5(c3ccccc3)c3ccccc3)c2)OC1(C)C. The van der Waals surface area contributed by atoms with Crippen molar-refractivity contribution in [3.05, 3.63) is 185 Å². The van der Waals surface area contributed by atoms with E-state index in [0.717, 1.165) is 22.4 Å². The van der Waals surface area contributed by atoms with Crippen LogP contribution in [0.5, 0.6) is 0 Å². The number of nitrogens with zero attached hydrogens (tertiary/aromatic N) is 1. The van der Waals surface area contributed by atoms with E-state index in [1.54, 1.807) is 0 Å². The van der Waals surface area contributed by atoms with Gasteiger partial charge in [-0.2, -0.15) is 0 Å². The van der Waals surface area contributed by atoms with Gasteiger partial charge in [0.2, 0.25) is 0 Å². The Hall–Kier alpha value is -4.77. The molecule has 2 aliphatic heterocycles. The molecule has 0 spiro atoms. The summed E-state index contributed by atoms with van der Waals surface area (Å²) in [5, 5.41) is 0. The summed E-state index contributed by atoms with van der Waals surface area (Å²) in [7, 11) is -0.433. The van der Waals surface area contributed by atoms with Crippen molar-refractivity contribution < 1.29 is 9.31 Å². The average molecular weight is 624 g/mol. The first kappa shape index (κ1) is 29.4. The van der Waals surface area contributed by atoms with Crippen LogP contribution in [0.1, 0.15) is 67.0 Å². The lowest BCUT2D eigenvalue weighted by molar-refractivity contribution is 0.00578. The Bertz CT molecular complexity index is 2110. The standard InChI is InChI=1S/C44H38BNO2/c1-42(2)43(3,4)48-45(47-42)32-21-15-16-29(26-32)41-37-27-36-33-22-11-13-24-38(33)44(30-17-7-5-8-18-30,31-19-9-6-10-20-31)39(36)28-35(37)34-23-12-14-25-40(34)46-41/h5-28,35,37H,1-4H3. The second kappa shape index (κ2) is 10.6. The van der Waals surface area contributed by atoms with Crippen LogP contribution < -0.4 is 5.46 Å². The molecule has 2 aliphatic carbocycles. The molecule has 1 fully saturated rings. The maximum absolute atomic E-state index is 6.47. The third kappa shape index (κ3) is 4.19. The molecule has 2 atom stereocenters. The van der Waals surface area contributed by atoms with Gasteiger partial charge in [0.15, 0.2) is 0 Å². The van der Waals surface area contributed by atoms with Crippen LogP contribution in [-0.2, 0) is 14.7 Å². The molecule has 5 aromatic rings. The molecule has 0 N–H and O–H groups in total. The van der Waals surface area contributed by atoms with Gasteiger partial charge in [0.25, 0.3) is 0 Å². The van der Waals surface area contributed by atoms with Gasteiger partial charge >= 0.3 is 7.12 Å². The molecule has 9 rings (SSSR count). The van der Waals surface area contributed by atoms with E-state index in [2.05, 4.69) is 173 Å². The quantitative estimate of drug-likeness (QED) is 0.187. The van der Waals surface area contributed by atoms with E-state index < -0.39 is 23.7 Å². The molecule has 0 radical (unpaired) electrons. The van der Waals surface area contributed by atoms with E-state index in [9.17, 15) is 0 Å². The van der Waals surface area contributed by atoms with E-state index in [1.807, 2.05) is 0 Å². The second-order valence-corrected chi connectivity index (χ2v) is 14.5. The number of rotatable bonds is 4. The summed E-state index contributed by atoms with van der Waals surface area (Å²) in [6, 6.07) is 48.4. The van der Waals surface area contributed by atoms with Gasteiger partial charge in [-0.25, -0.2) is 0 Å². The van der Waals surface area contributed by atoms with Gasteiger partial charge in [-0.1, -0.05) is 140 Å². The summed E-state index contributed by atoms with van der Waals surface area (Å²) in [6.07, 6.45) is 5.09. The fourth-order valence-corrected chi connectivity index (χ4v) is 8.35. The fourth-order valence-electron chi connectivity index (χ4n) is 8.35. The highest BCUT2D eigenvalue weighted by Crippen LogP contribution is 2.61. The molecule has 234 valence electrons. The fraction of sp³-hybridized carbons (Fsp3) is 0.205. The minimum atomic E-state index is -0.434. The molecule has 1 saturated heterocycles. The third-order valence-electron chi connectivity index (χ3n) is 11.4. The molecule has 5 aromatic carbocycles. The zero-order chi connectivity index (χ0) is 32.7. The van der Waals surface area contributed by atoms with E-state index in [-0.39, 0.29) is 11.8 Å².